The van der Waals surface area contributed by atoms with Gasteiger partial charge in [0.1, 0.15) is 11.5 Å². The fourth-order valence-corrected chi connectivity index (χ4v) is 4.09. The molecule has 9 heteroatoms. The van der Waals surface area contributed by atoms with Gasteiger partial charge < -0.3 is 24.4 Å². The Morgan fingerprint density at radius 3 is 2.67 bits per heavy atom. The Morgan fingerprint density at radius 1 is 1.23 bits per heavy atom. The number of likely N-dealkylation sites (tertiary alicyclic amines) is 1. The maximum atomic E-state index is 12.6. The van der Waals surface area contributed by atoms with E-state index in [4.69, 9.17) is 14.2 Å². The summed E-state index contributed by atoms with van der Waals surface area (Å²) in [7, 11) is 3.21. The van der Waals surface area contributed by atoms with Gasteiger partial charge in [-0.1, -0.05) is 0 Å². The van der Waals surface area contributed by atoms with Crippen LogP contribution in [0, 0.1) is 5.92 Å². The second-order valence-electron chi connectivity index (χ2n) is 6.92. The molecule has 1 aromatic carbocycles. The van der Waals surface area contributed by atoms with Crippen LogP contribution in [0.4, 0.5) is 10.8 Å². The molecule has 0 unspecified atom stereocenters. The lowest BCUT2D eigenvalue weighted by Crippen LogP contribution is -2.41. The van der Waals surface area contributed by atoms with Gasteiger partial charge >= 0.3 is 5.97 Å². The number of rotatable bonds is 8. The molecule has 1 fully saturated rings. The van der Waals surface area contributed by atoms with E-state index in [0.717, 1.165) is 5.69 Å². The van der Waals surface area contributed by atoms with Gasteiger partial charge in [-0.25, -0.2) is 4.98 Å². The van der Waals surface area contributed by atoms with E-state index in [1.165, 1.54) is 11.3 Å². The molecule has 1 N–H and O–H groups in total. The van der Waals surface area contributed by atoms with Crippen molar-refractivity contribution < 1.29 is 23.8 Å². The molecular weight excluding hydrogens is 406 g/mol. The van der Waals surface area contributed by atoms with E-state index in [9.17, 15) is 9.59 Å². The van der Waals surface area contributed by atoms with Crippen molar-refractivity contribution in [3.8, 4) is 11.5 Å². The molecule has 3 rings (SSSR count). The van der Waals surface area contributed by atoms with Gasteiger partial charge in [0.25, 0.3) is 0 Å². The summed E-state index contributed by atoms with van der Waals surface area (Å²) < 4.78 is 15.7. The topological polar surface area (TPSA) is 90.0 Å². The third-order valence-corrected chi connectivity index (χ3v) is 5.81. The minimum absolute atomic E-state index is 0.0214. The molecule has 0 atom stereocenters. The van der Waals surface area contributed by atoms with E-state index in [1.807, 2.05) is 23.6 Å². The average molecular weight is 434 g/mol. The summed E-state index contributed by atoms with van der Waals surface area (Å²) in [5.74, 6) is 1.13. The summed E-state index contributed by atoms with van der Waals surface area (Å²) in [5.41, 5.74) is 1.45. The number of benzene rings is 1. The van der Waals surface area contributed by atoms with Crippen LogP contribution in [0.2, 0.25) is 0 Å². The molecule has 1 saturated heterocycles. The maximum absolute atomic E-state index is 12.6. The average Bonchev–Trinajstić information content (AvgIpc) is 3.20. The Morgan fingerprint density at radius 2 is 2.00 bits per heavy atom. The number of esters is 1. The first-order chi connectivity index (χ1) is 14.5. The summed E-state index contributed by atoms with van der Waals surface area (Å²) in [5, 5.41) is 5.77. The quantitative estimate of drug-likeness (QED) is 0.639. The Bertz CT molecular complexity index is 877. The number of piperidine rings is 1. The molecule has 1 aliphatic rings. The van der Waals surface area contributed by atoms with Crippen molar-refractivity contribution in [2.24, 2.45) is 5.92 Å². The number of methoxy groups -OCH3 is 2. The third kappa shape index (κ3) is 5.41. The van der Waals surface area contributed by atoms with E-state index < -0.39 is 0 Å². The number of carbonyl (C=O) groups excluding carboxylic acids is 2. The molecular formula is C21H27N3O5S. The van der Waals surface area contributed by atoms with Crippen LogP contribution in [-0.2, 0) is 20.7 Å². The minimum atomic E-state index is -0.159. The van der Waals surface area contributed by atoms with E-state index in [0.29, 0.717) is 54.9 Å². The number of carbonyl (C=O) groups is 2. The van der Waals surface area contributed by atoms with Gasteiger partial charge in [-0.05, 0) is 31.9 Å². The predicted octanol–water partition coefficient (Wildman–Crippen LogP) is 3.25. The van der Waals surface area contributed by atoms with Crippen LogP contribution in [0.15, 0.2) is 23.6 Å². The number of aromatic nitrogens is 1. The highest BCUT2D eigenvalue weighted by molar-refractivity contribution is 7.13. The van der Waals surface area contributed by atoms with Crippen LogP contribution in [0.3, 0.4) is 0 Å². The standard InChI is InChI=1S/C21H27N3O5S/c1-4-29-20(26)14-7-9-24(10-8-14)19(25)11-15-13-30-21(22-15)23-17-12-16(27-2)5-6-18(17)28-3/h5-6,12-14H,4,7-11H2,1-3H3,(H,22,23). The highest BCUT2D eigenvalue weighted by Gasteiger charge is 2.28. The molecule has 1 amide bonds. The fraction of sp³-hybridized carbons (Fsp3) is 0.476. The summed E-state index contributed by atoms with van der Waals surface area (Å²) >= 11 is 1.42. The summed E-state index contributed by atoms with van der Waals surface area (Å²) in [6, 6.07) is 5.47. The van der Waals surface area contributed by atoms with Crippen LogP contribution >= 0.6 is 11.3 Å². The van der Waals surface area contributed by atoms with Crippen molar-refractivity contribution in [3.63, 3.8) is 0 Å². The number of hydrogen-bond acceptors (Lipinski definition) is 8. The maximum Gasteiger partial charge on any atom is 0.309 e. The zero-order valence-corrected chi connectivity index (χ0v) is 18.3. The lowest BCUT2D eigenvalue weighted by Gasteiger charge is -2.30. The highest BCUT2D eigenvalue weighted by Crippen LogP contribution is 2.32. The van der Waals surface area contributed by atoms with Gasteiger partial charge in [-0.2, -0.15) is 0 Å². The first kappa shape index (κ1) is 21.9. The van der Waals surface area contributed by atoms with Gasteiger partial charge in [0.15, 0.2) is 5.13 Å². The second kappa shape index (κ2) is 10.3. The highest BCUT2D eigenvalue weighted by atomic mass is 32.1. The molecule has 2 heterocycles. The summed E-state index contributed by atoms with van der Waals surface area (Å²) in [6.07, 6.45) is 1.52. The van der Waals surface area contributed by atoms with E-state index in [-0.39, 0.29) is 24.2 Å². The Kier molecular flexibility index (Phi) is 7.51. The van der Waals surface area contributed by atoms with Crippen molar-refractivity contribution in [2.75, 3.05) is 39.2 Å². The lowest BCUT2D eigenvalue weighted by atomic mass is 9.97. The number of thiazole rings is 1. The molecule has 1 aromatic heterocycles. The monoisotopic (exact) mass is 433 g/mol. The Balaban J connectivity index is 1.56. The van der Waals surface area contributed by atoms with Crippen molar-refractivity contribution in [1.29, 1.82) is 0 Å². The van der Waals surface area contributed by atoms with Crippen LogP contribution in [-0.4, -0.2) is 55.7 Å². The summed E-state index contributed by atoms with van der Waals surface area (Å²) in [4.78, 5) is 30.8. The van der Waals surface area contributed by atoms with Crippen molar-refractivity contribution in [2.45, 2.75) is 26.2 Å². The third-order valence-electron chi connectivity index (χ3n) is 5.00. The van der Waals surface area contributed by atoms with Crippen LogP contribution in [0.25, 0.3) is 0 Å². The van der Waals surface area contributed by atoms with E-state index in [1.54, 1.807) is 26.0 Å². The number of nitrogens with one attached hydrogen (secondary N) is 1. The number of ether oxygens (including phenoxy) is 3. The number of nitrogens with zero attached hydrogens (tertiary/aromatic N) is 2. The van der Waals surface area contributed by atoms with Crippen LogP contribution in [0.5, 0.6) is 11.5 Å². The molecule has 0 aliphatic carbocycles. The molecule has 0 radical (unpaired) electrons. The number of hydrogen-bond donors (Lipinski definition) is 1. The molecule has 30 heavy (non-hydrogen) atoms. The fourth-order valence-electron chi connectivity index (χ4n) is 3.36. The van der Waals surface area contributed by atoms with E-state index in [2.05, 4.69) is 10.3 Å². The lowest BCUT2D eigenvalue weighted by molar-refractivity contribution is -0.151. The van der Waals surface area contributed by atoms with Gasteiger partial charge in [0.05, 0.1) is 44.5 Å². The summed E-state index contributed by atoms with van der Waals surface area (Å²) in [6.45, 7) is 3.33. The minimum Gasteiger partial charge on any atom is -0.497 e. The Hall–Kier alpha value is -2.81. The van der Waals surface area contributed by atoms with E-state index >= 15 is 0 Å². The molecule has 8 nitrogen and oxygen atoms in total. The molecule has 2 aromatic rings. The smallest absolute Gasteiger partial charge is 0.309 e. The molecule has 0 spiro atoms. The Labute approximate surface area is 180 Å². The van der Waals surface area contributed by atoms with Crippen LogP contribution in [0.1, 0.15) is 25.5 Å². The van der Waals surface area contributed by atoms with Crippen LogP contribution < -0.4 is 14.8 Å². The van der Waals surface area contributed by atoms with Crippen molar-refractivity contribution in [3.05, 3.63) is 29.3 Å². The SMILES string of the molecule is CCOC(=O)C1CCN(C(=O)Cc2csc(Nc3cc(OC)ccc3OC)n2)CC1. The molecule has 1 aliphatic heterocycles. The zero-order chi connectivity index (χ0) is 21.5. The first-order valence-electron chi connectivity index (χ1n) is 9.91. The second-order valence-corrected chi connectivity index (χ2v) is 7.78. The number of amides is 1. The first-order valence-corrected chi connectivity index (χ1v) is 10.8. The largest absolute Gasteiger partial charge is 0.497 e. The van der Waals surface area contributed by atoms with Gasteiger partial charge in [0.2, 0.25) is 5.91 Å². The van der Waals surface area contributed by atoms with Gasteiger partial charge in [-0.3, -0.25) is 9.59 Å². The molecule has 162 valence electrons. The normalized spacial score (nSPS) is 14.3. The molecule has 0 saturated carbocycles. The zero-order valence-electron chi connectivity index (χ0n) is 17.5. The van der Waals surface area contributed by atoms with Gasteiger partial charge in [-0.15, -0.1) is 11.3 Å². The predicted molar refractivity (Wildman–Crippen MR) is 115 cm³/mol. The number of anilines is 2. The molecule has 0 bridgehead atoms. The van der Waals surface area contributed by atoms with Gasteiger partial charge in [0, 0.05) is 24.5 Å². The van der Waals surface area contributed by atoms with Crippen molar-refractivity contribution >= 4 is 34.0 Å². The van der Waals surface area contributed by atoms with Crippen molar-refractivity contribution in [1.82, 2.24) is 9.88 Å².